The number of methoxy groups -OCH3 is 1. The molecule has 100 valence electrons. The van der Waals surface area contributed by atoms with Crippen molar-refractivity contribution in [3.05, 3.63) is 53.7 Å². The van der Waals surface area contributed by atoms with E-state index in [1.165, 1.54) is 5.56 Å². The summed E-state index contributed by atoms with van der Waals surface area (Å²) in [5.74, 6) is 2.29. The minimum atomic E-state index is 0.502. The van der Waals surface area contributed by atoms with E-state index in [4.69, 9.17) is 16.3 Å². The number of nitrogens with zero attached hydrogens (tertiary/aromatic N) is 2. The second-order valence-electron chi connectivity index (χ2n) is 4.36. The van der Waals surface area contributed by atoms with Gasteiger partial charge >= 0.3 is 0 Å². The highest BCUT2D eigenvalue weighted by atomic mass is 35.5. The van der Waals surface area contributed by atoms with E-state index in [-0.39, 0.29) is 0 Å². The first kappa shape index (κ1) is 13.7. The molecule has 0 unspecified atom stereocenters. The van der Waals surface area contributed by atoms with Gasteiger partial charge in [0.15, 0.2) is 0 Å². The summed E-state index contributed by atoms with van der Waals surface area (Å²) in [4.78, 5) is 6.45. The van der Waals surface area contributed by atoms with Crippen molar-refractivity contribution < 1.29 is 4.74 Å². The fraction of sp³-hybridized carbons (Fsp3) is 0.267. The standard InChI is InChI=1S/C15H17ClN2O/c1-18(15-9-12(10-16)6-7-17-15)11-13-4-3-5-14(8-13)19-2/h3-9H,10-11H2,1-2H3. The molecule has 0 aliphatic carbocycles. The van der Waals surface area contributed by atoms with Crippen LogP contribution in [0, 0.1) is 0 Å². The van der Waals surface area contributed by atoms with Gasteiger partial charge in [0, 0.05) is 25.7 Å². The molecule has 19 heavy (non-hydrogen) atoms. The Labute approximate surface area is 118 Å². The molecule has 4 heteroatoms. The molecule has 2 rings (SSSR count). The molecule has 0 saturated heterocycles. The summed E-state index contributed by atoms with van der Waals surface area (Å²) in [6.45, 7) is 0.774. The summed E-state index contributed by atoms with van der Waals surface area (Å²) in [6, 6.07) is 12.0. The molecule has 3 nitrogen and oxygen atoms in total. The topological polar surface area (TPSA) is 25.4 Å². The van der Waals surface area contributed by atoms with Crippen LogP contribution in [0.25, 0.3) is 0 Å². The number of hydrogen-bond acceptors (Lipinski definition) is 3. The zero-order valence-electron chi connectivity index (χ0n) is 11.1. The van der Waals surface area contributed by atoms with Gasteiger partial charge in [0.25, 0.3) is 0 Å². The van der Waals surface area contributed by atoms with E-state index >= 15 is 0 Å². The molecule has 1 heterocycles. The van der Waals surface area contributed by atoms with Crippen LogP contribution >= 0.6 is 11.6 Å². The maximum atomic E-state index is 5.84. The fourth-order valence-electron chi connectivity index (χ4n) is 1.88. The van der Waals surface area contributed by atoms with Gasteiger partial charge in [0.05, 0.1) is 7.11 Å². The van der Waals surface area contributed by atoms with Crippen LogP contribution in [0.5, 0.6) is 5.75 Å². The lowest BCUT2D eigenvalue weighted by molar-refractivity contribution is 0.414. The first-order chi connectivity index (χ1) is 9.22. The normalized spacial score (nSPS) is 10.3. The molecule has 0 spiro atoms. The second-order valence-corrected chi connectivity index (χ2v) is 4.63. The molecule has 0 aliphatic rings. The Balaban J connectivity index is 2.13. The predicted octanol–water partition coefficient (Wildman–Crippen LogP) is 3.47. The van der Waals surface area contributed by atoms with E-state index in [0.717, 1.165) is 23.7 Å². The van der Waals surface area contributed by atoms with Crippen molar-refractivity contribution in [2.45, 2.75) is 12.4 Å². The van der Waals surface area contributed by atoms with Crippen molar-refractivity contribution in [2.24, 2.45) is 0 Å². The largest absolute Gasteiger partial charge is 0.497 e. The maximum absolute atomic E-state index is 5.84. The number of hydrogen-bond donors (Lipinski definition) is 0. The van der Waals surface area contributed by atoms with Crippen LogP contribution < -0.4 is 9.64 Å². The van der Waals surface area contributed by atoms with Gasteiger partial charge in [-0.05, 0) is 35.4 Å². The summed E-state index contributed by atoms with van der Waals surface area (Å²) in [5.41, 5.74) is 2.25. The van der Waals surface area contributed by atoms with E-state index in [2.05, 4.69) is 16.0 Å². The van der Waals surface area contributed by atoms with Crippen molar-refractivity contribution in [3.8, 4) is 5.75 Å². The van der Waals surface area contributed by atoms with Crippen LogP contribution in [0.2, 0.25) is 0 Å². The van der Waals surface area contributed by atoms with Gasteiger partial charge in [-0.15, -0.1) is 11.6 Å². The first-order valence-electron chi connectivity index (χ1n) is 6.08. The Morgan fingerprint density at radius 1 is 1.21 bits per heavy atom. The average Bonchev–Trinajstić information content (AvgIpc) is 2.47. The number of benzene rings is 1. The van der Waals surface area contributed by atoms with Crippen molar-refractivity contribution in [3.63, 3.8) is 0 Å². The molecular weight excluding hydrogens is 260 g/mol. The highest BCUT2D eigenvalue weighted by Crippen LogP contribution is 2.18. The molecule has 0 bridgehead atoms. The number of pyridine rings is 1. The molecule has 0 saturated carbocycles. The number of aromatic nitrogens is 1. The molecule has 0 radical (unpaired) electrons. The smallest absolute Gasteiger partial charge is 0.128 e. The van der Waals surface area contributed by atoms with Crippen LogP contribution in [0.3, 0.4) is 0 Å². The lowest BCUT2D eigenvalue weighted by Crippen LogP contribution is -2.17. The molecule has 0 atom stereocenters. The summed E-state index contributed by atoms with van der Waals surface area (Å²) in [6.07, 6.45) is 1.79. The van der Waals surface area contributed by atoms with Gasteiger partial charge in [-0.3, -0.25) is 0 Å². The number of ether oxygens (including phenoxy) is 1. The van der Waals surface area contributed by atoms with Crippen molar-refractivity contribution in [2.75, 3.05) is 19.1 Å². The van der Waals surface area contributed by atoms with Gasteiger partial charge in [0.2, 0.25) is 0 Å². The Bertz CT molecular complexity index is 545. The van der Waals surface area contributed by atoms with Crippen molar-refractivity contribution in [1.82, 2.24) is 4.98 Å². The summed E-state index contributed by atoms with van der Waals surface area (Å²) in [7, 11) is 3.69. The quantitative estimate of drug-likeness (QED) is 0.782. The minimum absolute atomic E-state index is 0.502. The lowest BCUT2D eigenvalue weighted by Gasteiger charge is -2.19. The highest BCUT2D eigenvalue weighted by molar-refractivity contribution is 6.17. The fourth-order valence-corrected chi connectivity index (χ4v) is 2.04. The summed E-state index contributed by atoms with van der Waals surface area (Å²) >= 11 is 5.84. The number of alkyl halides is 1. The zero-order valence-corrected chi connectivity index (χ0v) is 11.9. The molecule has 1 aromatic carbocycles. The molecule has 0 amide bonds. The molecule has 2 aromatic rings. The molecule has 0 fully saturated rings. The third kappa shape index (κ3) is 3.61. The van der Waals surface area contributed by atoms with Crippen LogP contribution in [0.1, 0.15) is 11.1 Å². The predicted molar refractivity (Wildman–Crippen MR) is 78.9 cm³/mol. The SMILES string of the molecule is COc1cccc(CN(C)c2cc(CCl)ccn2)c1. The van der Waals surface area contributed by atoms with E-state index in [0.29, 0.717) is 5.88 Å². The van der Waals surface area contributed by atoms with E-state index < -0.39 is 0 Å². The Kier molecular flexibility index (Phi) is 4.63. The van der Waals surface area contributed by atoms with Gasteiger partial charge in [-0.25, -0.2) is 4.98 Å². The van der Waals surface area contributed by atoms with Gasteiger partial charge in [0.1, 0.15) is 11.6 Å². The highest BCUT2D eigenvalue weighted by Gasteiger charge is 2.05. The average molecular weight is 277 g/mol. The third-order valence-corrected chi connectivity index (χ3v) is 3.22. The lowest BCUT2D eigenvalue weighted by atomic mass is 10.2. The molecular formula is C15H17ClN2O. The van der Waals surface area contributed by atoms with Crippen LogP contribution in [-0.4, -0.2) is 19.1 Å². The molecule has 0 aliphatic heterocycles. The van der Waals surface area contributed by atoms with E-state index in [9.17, 15) is 0 Å². The van der Waals surface area contributed by atoms with Crippen LogP contribution in [0.15, 0.2) is 42.6 Å². The second kappa shape index (κ2) is 6.43. The Hall–Kier alpha value is -1.74. The van der Waals surface area contributed by atoms with Crippen molar-refractivity contribution in [1.29, 1.82) is 0 Å². The monoisotopic (exact) mass is 276 g/mol. The number of anilines is 1. The van der Waals surface area contributed by atoms with Crippen LogP contribution in [-0.2, 0) is 12.4 Å². The van der Waals surface area contributed by atoms with E-state index in [1.807, 2.05) is 37.4 Å². The van der Waals surface area contributed by atoms with Gasteiger partial charge in [-0.2, -0.15) is 0 Å². The first-order valence-corrected chi connectivity index (χ1v) is 6.61. The van der Waals surface area contributed by atoms with Gasteiger partial charge < -0.3 is 9.64 Å². The Morgan fingerprint density at radius 2 is 2.05 bits per heavy atom. The van der Waals surface area contributed by atoms with Gasteiger partial charge in [-0.1, -0.05) is 12.1 Å². The minimum Gasteiger partial charge on any atom is -0.497 e. The van der Waals surface area contributed by atoms with Crippen molar-refractivity contribution >= 4 is 17.4 Å². The third-order valence-electron chi connectivity index (χ3n) is 2.91. The summed E-state index contributed by atoms with van der Waals surface area (Å²) in [5, 5.41) is 0. The number of halogens is 1. The molecule has 0 N–H and O–H groups in total. The Morgan fingerprint density at radius 3 is 2.79 bits per heavy atom. The zero-order chi connectivity index (χ0) is 13.7. The molecule has 1 aromatic heterocycles. The van der Waals surface area contributed by atoms with E-state index in [1.54, 1.807) is 13.3 Å². The summed E-state index contributed by atoms with van der Waals surface area (Å²) < 4.78 is 5.23. The number of rotatable bonds is 5. The maximum Gasteiger partial charge on any atom is 0.128 e. The van der Waals surface area contributed by atoms with Crippen LogP contribution in [0.4, 0.5) is 5.82 Å².